The molecule has 0 aromatic heterocycles. The quantitative estimate of drug-likeness (QED) is 0.766. The van der Waals surface area contributed by atoms with Crippen LogP contribution in [0.15, 0.2) is 36.9 Å². The summed E-state index contributed by atoms with van der Waals surface area (Å²) in [5, 5.41) is 2.65. The van der Waals surface area contributed by atoms with Crippen LogP contribution in [0.25, 0.3) is 0 Å². The molecule has 0 radical (unpaired) electrons. The van der Waals surface area contributed by atoms with Crippen molar-refractivity contribution < 1.29 is 9.53 Å². The van der Waals surface area contributed by atoms with Crippen molar-refractivity contribution in [3.05, 3.63) is 48.0 Å². The molecule has 0 spiro atoms. The van der Waals surface area contributed by atoms with Crippen LogP contribution in [0.2, 0.25) is 0 Å². The molecule has 0 unspecified atom stereocenters. The summed E-state index contributed by atoms with van der Waals surface area (Å²) in [5.74, 6) is 0. The van der Waals surface area contributed by atoms with Gasteiger partial charge >= 0.3 is 6.09 Å². The molecule has 0 aliphatic rings. The number of amides is 1. The predicted octanol–water partition coefficient (Wildman–Crippen LogP) is 2.27. The minimum atomic E-state index is -0.414. The number of nitrogens with one attached hydrogen (secondary N) is 1. The molecule has 0 heterocycles. The summed E-state index contributed by atoms with van der Waals surface area (Å²) in [5.41, 5.74) is 2.26. The van der Waals surface area contributed by atoms with E-state index in [1.807, 2.05) is 30.3 Å². The Morgan fingerprint density at radius 1 is 1.47 bits per heavy atom. The standard InChI is InChI=1S/C12H15NO2/c1-3-6-10-7-4-5-8-11(10)9-13-12(14)15-2/h3-5,7-8H,1,6,9H2,2H3,(H,13,14). The Kier molecular flexibility index (Phi) is 4.41. The summed E-state index contributed by atoms with van der Waals surface area (Å²) >= 11 is 0. The lowest BCUT2D eigenvalue weighted by molar-refractivity contribution is 0.170. The summed E-state index contributed by atoms with van der Waals surface area (Å²) in [6, 6.07) is 7.92. The molecule has 80 valence electrons. The fraction of sp³-hybridized carbons (Fsp3) is 0.250. The Morgan fingerprint density at radius 3 is 2.73 bits per heavy atom. The Morgan fingerprint density at radius 2 is 2.13 bits per heavy atom. The van der Waals surface area contributed by atoms with Crippen LogP contribution in [0, 0.1) is 0 Å². The minimum absolute atomic E-state index is 0.414. The van der Waals surface area contributed by atoms with Crippen LogP contribution in [-0.2, 0) is 17.7 Å². The van der Waals surface area contributed by atoms with Gasteiger partial charge in [0.2, 0.25) is 0 Å². The maximum absolute atomic E-state index is 10.9. The van der Waals surface area contributed by atoms with Gasteiger partial charge in [0, 0.05) is 6.54 Å². The third kappa shape index (κ3) is 3.46. The highest BCUT2D eigenvalue weighted by atomic mass is 16.5. The Labute approximate surface area is 89.8 Å². The molecule has 0 saturated carbocycles. The van der Waals surface area contributed by atoms with Crippen LogP contribution in [0.1, 0.15) is 11.1 Å². The molecule has 1 N–H and O–H groups in total. The summed E-state index contributed by atoms with van der Waals surface area (Å²) in [4.78, 5) is 10.9. The van der Waals surface area contributed by atoms with Gasteiger partial charge in [-0.1, -0.05) is 30.3 Å². The number of ether oxygens (including phenoxy) is 1. The Balaban J connectivity index is 2.66. The number of carbonyl (C=O) groups is 1. The van der Waals surface area contributed by atoms with E-state index in [-0.39, 0.29) is 0 Å². The van der Waals surface area contributed by atoms with Gasteiger partial charge in [0.1, 0.15) is 0 Å². The third-order valence-corrected chi connectivity index (χ3v) is 2.09. The molecule has 3 nitrogen and oxygen atoms in total. The van der Waals surface area contributed by atoms with Crippen LogP contribution in [0.5, 0.6) is 0 Å². The van der Waals surface area contributed by atoms with E-state index in [0.29, 0.717) is 6.54 Å². The highest BCUT2D eigenvalue weighted by molar-refractivity contribution is 5.66. The molecule has 0 aliphatic heterocycles. The molecule has 0 fully saturated rings. The van der Waals surface area contributed by atoms with Crippen molar-refractivity contribution in [3.8, 4) is 0 Å². The van der Waals surface area contributed by atoms with Gasteiger partial charge < -0.3 is 10.1 Å². The van der Waals surface area contributed by atoms with E-state index in [9.17, 15) is 4.79 Å². The first-order valence-corrected chi connectivity index (χ1v) is 4.77. The van der Waals surface area contributed by atoms with Crippen LogP contribution in [0.4, 0.5) is 4.79 Å². The van der Waals surface area contributed by atoms with E-state index in [2.05, 4.69) is 16.6 Å². The number of benzene rings is 1. The molecule has 0 aliphatic carbocycles. The van der Waals surface area contributed by atoms with Crippen molar-refractivity contribution in [1.29, 1.82) is 0 Å². The average molecular weight is 205 g/mol. The number of methoxy groups -OCH3 is 1. The molecule has 0 atom stereocenters. The summed E-state index contributed by atoms with van der Waals surface area (Å²) in [7, 11) is 1.35. The summed E-state index contributed by atoms with van der Waals surface area (Å²) < 4.78 is 4.50. The molecule has 3 heteroatoms. The van der Waals surface area contributed by atoms with Crippen molar-refractivity contribution in [3.63, 3.8) is 0 Å². The summed E-state index contributed by atoms with van der Waals surface area (Å²) in [6.45, 7) is 4.18. The second-order valence-corrected chi connectivity index (χ2v) is 3.11. The van der Waals surface area contributed by atoms with Crippen molar-refractivity contribution in [1.82, 2.24) is 5.32 Å². The average Bonchev–Trinajstić information content (AvgIpc) is 2.28. The molecular weight excluding hydrogens is 190 g/mol. The molecular formula is C12H15NO2. The number of allylic oxidation sites excluding steroid dienone is 1. The molecule has 1 aromatic carbocycles. The first-order valence-electron chi connectivity index (χ1n) is 4.77. The van der Waals surface area contributed by atoms with Gasteiger partial charge in [-0.3, -0.25) is 0 Å². The van der Waals surface area contributed by atoms with Crippen LogP contribution in [0.3, 0.4) is 0 Å². The van der Waals surface area contributed by atoms with Crippen LogP contribution < -0.4 is 5.32 Å². The van der Waals surface area contributed by atoms with Gasteiger partial charge in [0.05, 0.1) is 7.11 Å². The highest BCUT2D eigenvalue weighted by Gasteiger charge is 2.02. The lowest BCUT2D eigenvalue weighted by Gasteiger charge is -2.08. The highest BCUT2D eigenvalue weighted by Crippen LogP contribution is 2.09. The molecule has 1 amide bonds. The van der Waals surface area contributed by atoms with Crippen molar-refractivity contribution in [2.75, 3.05) is 7.11 Å². The van der Waals surface area contributed by atoms with E-state index in [1.54, 1.807) is 0 Å². The van der Waals surface area contributed by atoms with Gasteiger partial charge in [-0.25, -0.2) is 4.79 Å². The maximum atomic E-state index is 10.9. The Bertz CT molecular complexity index is 347. The fourth-order valence-electron chi connectivity index (χ4n) is 1.32. The number of alkyl carbamates (subject to hydrolysis) is 1. The van der Waals surface area contributed by atoms with E-state index < -0.39 is 6.09 Å². The smallest absolute Gasteiger partial charge is 0.407 e. The first-order chi connectivity index (χ1) is 7.27. The van der Waals surface area contributed by atoms with Crippen LogP contribution >= 0.6 is 0 Å². The molecule has 1 aromatic rings. The minimum Gasteiger partial charge on any atom is -0.453 e. The topological polar surface area (TPSA) is 38.3 Å². The van der Waals surface area contributed by atoms with Gasteiger partial charge in [-0.05, 0) is 17.5 Å². The second-order valence-electron chi connectivity index (χ2n) is 3.11. The van der Waals surface area contributed by atoms with E-state index >= 15 is 0 Å². The number of hydrogen-bond acceptors (Lipinski definition) is 2. The normalized spacial score (nSPS) is 9.40. The first kappa shape index (κ1) is 11.3. The SMILES string of the molecule is C=CCc1ccccc1CNC(=O)OC. The van der Waals surface area contributed by atoms with Crippen molar-refractivity contribution in [2.45, 2.75) is 13.0 Å². The number of hydrogen-bond donors (Lipinski definition) is 1. The van der Waals surface area contributed by atoms with Gasteiger partial charge in [0.25, 0.3) is 0 Å². The fourth-order valence-corrected chi connectivity index (χ4v) is 1.32. The number of carbonyl (C=O) groups excluding carboxylic acids is 1. The van der Waals surface area contributed by atoms with Gasteiger partial charge in [-0.2, -0.15) is 0 Å². The lowest BCUT2D eigenvalue weighted by Crippen LogP contribution is -2.22. The molecule has 15 heavy (non-hydrogen) atoms. The van der Waals surface area contributed by atoms with Crippen LogP contribution in [-0.4, -0.2) is 13.2 Å². The molecule has 1 rings (SSSR count). The van der Waals surface area contributed by atoms with Gasteiger partial charge in [-0.15, -0.1) is 6.58 Å². The monoisotopic (exact) mass is 205 g/mol. The van der Waals surface area contributed by atoms with E-state index in [4.69, 9.17) is 0 Å². The molecule has 0 bridgehead atoms. The number of rotatable bonds is 4. The van der Waals surface area contributed by atoms with Crippen molar-refractivity contribution >= 4 is 6.09 Å². The van der Waals surface area contributed by atoms with Gasteiger partial charge in [0.15, 0.2) is 0 Å². The third-order valence-electron chi connectivity index (χ3n) is 2.09. The van der Waals surface area contributed by atoms with Crippen molar-refractivity contribution in [2.24, 2.45) is 0 Å². The zero-order valence-corrected chi connectivity index (χ0v) is 8.82. The maximum Gasteiger partial charge on any atom is 0.407 e. The zero-order chi connectivity index (χ0) is 11.1. The second kappa shape index (κ2) is 5.86. The predicted molar refractivity (Wildman–Crippen MR) is 59.6 cm³/mol. The largest absolute Gasteiger partial charge is 0.453 e. The molecule has 0 saturated heterocycles. The van der Waals surface area contributed by atoms with E-state index in [1.165, 1.54) is 12.7 Å². The zero-order valence-electron chi connectivity index (χ0n) is 8.82. The summed E-state index contributed by atoms with van der Waals surface area (Å²) in [6.07, 6.45) is 2.24. The lowest BCUT2D eigenvalue weighted by atomic mass is 10.0. The van der Waals surface area contributed by atoms with E-state index in [0.717, 1.165) is 12.0 Å². The Hall–Kier alpha value is -1.77.